The lowest BCUT2D eigenvalue weighted by molar-refractivity contribution is 0.443. The predicted octanol–water partition coefficient (Wildman–Crippen LogP) is 1.33. The fraction of sp³-hybridized carbons (Fsp3) is 0.571. The molecule has 0 spiro atoms. The molecule has 0 amide bonds. The highest BCUT2D eigenvalue weighted by molar-refractivity contribution is 7.87. The fourth-order valence-corrected chi connectivity index (χ4v) is 4.21. The smallest absolute Gasteiger partial charge is 0.279 e. The van der Waals surface area contributed by atoms with E-state index < -0.39 is 10.2 Å². The van der Waals surface area contributed by atoms with Gasteiger partial charge in [0, 0.05) is 25.0 Å². The topological polar surface area (TPSA) is 75.4 Å². The van der Waals surface area contributed by atoms with Crippen LogP contribution in [-0.2, 0) is 10.2 Å². The summed E-state index contributed by atoms with van der Waals surface area (Å²) in [7, 11) is -3.42. The Kier molecular flexibility index (Phi) is 6.62. The van der Waals surface area contributed by atoms with Crippen molar-refractivity contribution in [3.05, 3.63) is 35.9 Å². The highest BCUT2D eigenvalue weighted by atomic mass is 35.5. The summed E-state index contributed by atoms with van der Waals surface area (Å²) in [6.07, 6.45) is 0. The number of hydrogen-bond acceptors (Lipinski definition) is 3. The third-order valence-corrected chi connectivity index (χ3v) is 5.41. The molecule has 1 aliphatic rings. The Labute approximate surface area is 133 Å². The summed E-state index contributed by atoms with van der Waals surface area (Å²) in [5.74, 6) is 0.339. The SMILES string of the molecule is CC(C)NS(=O)(=O)N1C[C@@H](CN)[C@H](c2ccccc2)C1.Cl. The van der Waals surface area contributed by atoms with Gasteiger partial charge in [-0.2, -0.15) is 17.4 Å². The van der Waals surface area contributed by atoms with Crippen LogP contribution in [0.1, 0.15) is 25.3 Å². The van der Waals surface area contributed by atoms with Gasteiger partial charge in [-0.1, -0.05) is 30.3 Å². The molecule has 2 atom stereocenters. The van der Waals surface area contributed by atoms with Crippen LogP contribution in [0.15, 0.2) is 30.3 Å². The van der Waals surface area contributed by atoms with Crippen molar-refractivity contribution in [3.8, 4) is 0 Å². The maximum absolute atomic E-state index is 12.3. The molecule has 1 aliphatic heterocycles. The summed E-state index contributed by atoms with van der Waals surface area (Å²) in [5.41, 5.74) is 6.98. The van der Waals surface area contributed by atoms with E-state index in [1.807, 2.05) is 44.2 Å². The molecule has 0 aromatic heterocycles. The van der Waals surface area contributed by atoms with Crippen LogP contribution in [0.3, 0.4) is 0 Å². The minimum atomic E-state index is -3.42. The summed E-state index contributed by atoms with van der Waals surface area (Å²) < 4.78 is 28.7. The molecular weight excluding hydrogens is 310 g/mol. The van der Waals surface area contributed by atoms with Gasteiger partial charge in [0.05, 0.1) is 0 Å². The van der Waals surface area contributed by atoms with Gasteiger partial charge in [-0.3, -0.25) is 0 Å². The third-order valence-electron chi connectivity index (χ3n) is 3.66. The van der Waals surface area contributed by atoms with E-state index >= 15 is 0 Å². The zero-order valence-corrected chi connectivity index (χ0v) is 14.0. The van der Waals surface area contributed by atoms with Crippen molar-refractivity contribution < 1.29 is 8.42 Å². The van der Waals surface area contributed by atoms with E-state index in [-0.39, 0.29) is 30.3 Å². The second kappa shape index (κ2) is 7.56. The number of hydrogen-bond donors (Lipinski definition) is 2. The fourth-order valence-electron chi connectivity index (χ4n) is 2.72. The molecular formula is C14H24ClN3O2S. The minimum Gasteiger partial charge on any atom is -0.330 e. The zero-order chi connectivity index (χ0) is 14.8. The quantitative estimate of drug-likeness (QED) is 0.853. The summed E-state index contributed by atoms with van der Waals surface area (Å²) in [6.45, 7) is 5.12. The molecule has 21 heavy (non-hydrogen) atoms. The first-order valence-electron chi connectivity index (χ1n) is 6.96. The van der Waals surface area contributed by atoms with Crippen LogP contribution < -0.4 is 10.5 Å². The van der Waals surface area contributed by atoms with Crippen molar-refractivity contribution in [2.24, 2.45) is 11.7 Å². The van der Waals surface area contributed by atoms with Crippen molar-refractivity contribution in [1.82, 2.24) is 9.03 Å². The number of nitrogens with zero attached hydrogens (tertiary/aromatic N) is 1. The van der Waals surface area contributed by atoms with Crippen LogP contribution in [0, 0.1) is 5.92 Å². The van der Waals surface area contributed by atoms with Crippen LogP contribution in [0.4, 0.5) is 0 Å². The highest BCUT2D eigenvalue weighted by Gasteiger charge is 2.38. The molecule has 1 aromatic rings. The van der Waals surface area contributed by atoms with Crippen molar-refractivity contribution in [1.29, 1.82) is 0 Å². The molecule has 1 aromatic carbocycles. The molecule has 3 N–H and O–H groups in total. The molecule has 0 radical (unpaired) electrons. The van der Waals surface area contributed by atoms with Gasteiger partial charge in [-0.15, -0.1) is 12.4 Å². The van der Waals surface area contributed by atoms with E-state index in [2.05, 4.69) is 4.72 Å². The standard InChI is InChI=1S/C14H23N3O2S.ClH/c1-11(2)16-20(18,19)17-9-13(8-15)14(10-17)12-6-4-3-5-7-12;/h3-7,11,13-14,16H,8-10,15H2,1-2H3;1H/t13-,14+;/m1./s1. The number of halogens is 1. The van der Waals surface area contributed by atoms with Crippen molar-refractivity contribution >= 4 is 22.6 Å². The summed E-state index contributed by atoms with van der Waals surface area (Å²) in [5, 5.41) is 0. The largest absolute Gasteiger partial charge is 0.330 e. The molecule has 0 unspecified atom stereocenters. The first-order valence-corrected chi connectivity index (χ1v) is 8.40. The van der Waals surface area contributed by atoms with Gasteiger partial charge in [0.2, 0.25) is 0 Å². The van der Waals surface area contributed by atoms with Crippen molar-refractivity contribution in [2.45, 2.75) is 25.8 Å². The first-order chi connectivity index (χ1) is 9.44. The van der Waals surface area contributed by atoms with Crippen LogP contribution >= 0.6 is 12.4 Å². The van der Waals surface area contributed by atoms with Gasteiger partial charge in [0.25, 0.3) is 10.2 Å². The van der Waals surface area contributed by atoms with E-state index in [0.29, 0.717) is 19.6 Å². The lowest BCUT2D eigenvalue weighted by Gasteiger charge is -2.18. The van der Waals surface area contributed by atoms with E-state index in [1.54, 1.807) is 0 Å². The summed E-state index contributed by atoms with van der Waals surface area (Å²) in [6, 6.07) is 9.90. The number of rotatable bonds is 5. The molecule has 120 valence electrons. The van der Waals surface area contributed by atoms with Gasteiger partial charge >= 0.3 is 0 Å². The first kappa shape index (κ1) is 18.4. The van der Waals surface area contributed by atoms with Crippen LogP contribution in [-0.4, -0.2) is 38.4 Å². The molecule has 1 fully saturated rings. The van der Waals surface area contributed by atoms with Crippen LogP contribution in [0.5, 0.6) is 0 Å². The molecule has 5 nitrogen and oxygen atoms in total. The maximum atomic E-state index is 12.3. The Morgan fingerprint density at radius 1 is 1.29 bits per heavy atom. The lowest BCUT2D eigenvalue weighted by atomic mass is 9.89. The Bertz CT molecular complexity index is 536. The van der Waals surface area contributed by atoms with Gasteiger partial charge in [0.15, 0.2) is 0 Å². The van der Waals surface area contributed by atoms with Crippen molar-refractivity contribution in [2.75, 3.05) is 19.6 Å². The second-order valence-electron chi connectivity index (χ2n) is 5.61. The minimum absolute atomic E-state index is 0. The Hall–Kier alpha value is -0.660. The van der Waals surface area contributed by atoms with E-state index in [0.717, 1.165) is 5.56 Å². The predicted molar refractivity (Wildman–Crippen MR) is 87.7 cm³/mol. The van der Waals surface area contributed by atoms with E-state index in [9.17, 15) is 8.42 Å². The van der Waals surface area contributed by atoms with Gasteiger partial charge < -0.3 is 5.73 Å². The second-order valence-corrected chi connectivity index (χ2v) is 7.31. The number of benzene rings is 1. The van der Waals surface area contributed by atoms with E-state index in [1.165, 1.54) is 4.31 Å². The number of nitrogens with one attached hydrogen (secondary N) is 1. The van der Waals surface area contributed by atoms with Gasteiger partial charge in [0.1, 0.15) is 0 Å². The molecule has 0 bridgehead atoms. The third kappa shape index (κ3) is 4.40. The summed E-state index contributed by atoms with van der Waals surface area (Å²) >= 11 is 0. The molecule has 2 rings (SSSR count). The van der Waals surface area contributed by atoms with E-state index in [4.69, 9.17) is 5.73 Å². The van der Waals surface area contributed by atoms with Gasteiger partial charge in [-0.25, -0.2) is 0 Å². The average molecular weight is 334 g/mol. The lowest BCUT2D eigenvalue weighted by Crippen LogP contribution is -2.42. The highest BCUT2D eigenvalue weighted by Crippen LogP contribution is 2.33. The molecule has 7 heteroatoms. The Balaban J connectivity index is 0.00000220. The van der Waals surface area contributed by atoms with Gasteiger partial charge in [-0.05, 0) is 31.9 Å². The molecule has 0 saturated carbocycles. The Morgan fingerprint density at radius 3 is 2.43 bits per heavy atom. The van der Waals surface area contributed by atoms with Crippen LogP contribution in [0.25, 0.3) is 0 Å². The zero-order valence-electron chi connectivity index (χ0n) is 12.4. The summed E-state index contributed by atoms with van der Waals surface area (Å²) in [4.78, 5) is 0. The van der Waals surface area contributed by atoms with Crippen LogP contribution in [0.2, 0.25) is 0 Å². The number of nitrogens with two attached hydrogens (primary N) is 1. The molecule has 1 saturated heterocycles. The Morgan fingerprint density at radius 2 is 1.90 bits per heavy atom. The monoisotopic (exact) mass is 333 g/mol. The average Bonchev–Trinajstić information content (AvgIpc) is 2.83. The molecule has 1 heterocycles. The molecule has 0 aliphatic carbocycles. The van der Waals surface area contributed by atoms with Crippen molar-refractivity contribution in [3.63, 3.8) is 0 Å². The normalized spacial score (nSPS) is 23.2. The maximum Gasteiger partial charge on any atom is 0.279 e.